The number of imidazole rings is 1. The summed E-state index contributed by atoms with van der Waals surface area (Å²) < 4.78 is 16.1. The number of nitrogens with zero attached hydrogens (tertiary/aromatic N) is 2. The molecular weight excluding hydrogens is 506 g/mol. The molecule has 2 nitrogen and oxygen atoms in total. The van der Waals surface area contributed by atoms with Crippen molar-refractivity contribution in [3.8, 4) is 0 Å². The Hall–Kier alpha value is -4.48. The van der Waals surface area contributed by atoms with Crippen LogP contribution in [0.3, 0.4) is 0 Å². The zero-order chi connectivity index (χ0) is 27.6. The van der Waals surface area contributed by atoms with Crippen molar-refractivity contribution in [2.45, 2.75) is 11.0 Å². The summed E-state index contributed by atoms with van der Waals surface area (Å²) in [6.07, 6.45) is 5.68. The van der Waals surface area contributed by atoms with Gasteiger partial charge in [0.25, 0.3) is 0 Å². The van der Waals surface area contributed by atoms with E-state index in [1.54, 1.807) is 18.3 Å². The average Bonchev–Trinajstić information content (AvgIpc) is 3.57. The lowest BCUT2D eigenvalue weighted by Gasteiger charge is -2.37. The summed E-state index contributed by atoms with van der Waals surface area (Å²) in [5.74, 6) is -0.201. The second kappa shape index (κ2) is 13.0. The Bertz CT molecular complexity index is 1500. The van der Waals surface area contributed by atoms with Gasteiger partial charge in [-0.3, -0.25) is 0 Å². The molecule has 2 radical (unpaired) electrons. The third-order valence-corrected chi connectivity index (χ3v) is 9.66. The molecule has 6 rings (SSSR count). The van der Waals surface area contributed by atoms with Crippen LogP contribution in [-0.4, -0.2) is 26.9 Å². The molecule has 5 aromatic carbocycles. The molecule has 0 aliphatic heterocycles. The first-order valence-electron chi connectivity index (χ1n) is 13.4. The van der Waals surface area contributed by atoms with E-state index in [1.165, 1.54) is 17.2 Å². The van der Waals surface area contributed by atoms with E-state index >= 15 is 0 Å². The standard InChI is InChI=1S/C22H19FN2Si.C13H11B/c23-20-12-7-13-21(16-20)26-22(25-15-14-24-17-25,18-8-3-1-4-9-18)19-10-5-2-6-11-19;14-13(11-7-3-1-4-8-11)12-9-5-2-6-10-12/h1-17H,26H2;1-10,13H. The van der Waals surface area contributed by atoms with Gasteiger partial charge < -0.3 is 4.57 Å². The van der Waals surface area contributed by atoms with Gasteiger partial charge in [0.05, 0.1) is 28.9 Å². The summed E-state index contributed by atoms with van der Waals surface area (Å²) in [4.78, 5) is 4.31. The van der Waals surface area contributed by atoms with Crippen LogP contribution in [-0.2, 0) is 5.16 Å². The molecule has 1 aromatic heterocycles. The monoisotopic (exact) mass is 536 g/mol. The van der Waals surface area contributed by atoms with E-state index < -0.39 is 9.52 Å². The molecule has 0 bridgehead atoms. The normalized spacial score (nSPS) is 11.3. The van der Waals surface area contributed by atoms with Gasteiger partial charge in [-0.25, -0.2) is 9.37 Å². The maximum Gasteiger partial charge on any atom is 0.123 e. The maximum atomic E-state index is 13.9. The van der Waals surface area contributed by atoms with E-state index in [0.717, 1.165) is 16.3 Å². The predicted molar refractivity (Wildman–Crippen MR) is 166 cm³/mol. The number of benzene rings is 5. The van der Waals surface area contributed by atoms with Crippen LogP contribution in [0.5, 0.6) is 0 Å². The minimum Gasteiger partial charge on any atom is -0.326 e. The van der Waals surface area contributed by atoms with Gasteiger partial charge in [0.1, 0.15) is 5.82 Å². The lowest BCUT2D eigenvalue weighted by atomic mass is 9.76. The van der Waals surface area contributed by atoms with Crippen molar-refractivity contribution in [1.29, 1.82) is 0 Å². The van der Waals surface area contributed by atoms with E-state index in [0.29, 0.717) is 0 Å². The Balaban J connectivity index is 0.000000194. The molecular formula is C35H30BFN2Si. The smallest absolute Gasteiger partial charge is 0.123 e. The average molecular weight is 537 g/mol. The Labute approximate surface area is 239 Å². The van der Waals surface area contributed by atoms with E-state index in [-0.39, 0.29) is 16.8 Å². The van der Waals surface area contributed by atoms with Gasteiger partial charge in [-0.1, -0.05) is 139 Å². The molecule has 0 unspecified atom stereocenters. The van der Waals surface area contributed by atoms with E-state index in [9.17, 15) is 4.39 Å². The molecule has 0 aliphatic rings. The molecule has 0 amide bonds. The van der Waals surface area contributed by atoms with Crippen LogP contribution in [0.15, 0.2) is 164 Å². The highest BCUT2D eigenvalue weighted by molar-refractivity contribution is 6.57. The minimum atomic E-state index is -1.01. The second-order valence-electron chi connectivity index (χ2n) is 9.67. The largest absolute Gasteiger partial charge is 0.326 e. The fourth-order valence-electron chi connectivity index (χ4n) is 5.13. The quantitative estimate of drug-likeness (QED) is 0.222. The van der Waals surface area contributed by atoms with E-state index in [2.05, 4.69) is 82.3 Å². The summed E-state index contributed by atoms with van der Waals surface area (Å²) >= 11 is 0. The Morgan fingerprint density at radius 1 is 0.650 bits per heavy atom. The highest BCUT2D eigenvalue weighted by Gasteiger charge is 2.36. The van der Waals surface area contributed by atoms with Gasteiger partial charge in [-0.2, -0.15) is 0 Å². The van der Waals surface area contributed by atoms with Crippen LogP contribution < -0.4 is 5.19 Å². The summed E-state index contributed by atoms with van der Waals surface area (Å²) in [7, 11) is 5.11. The zero-order valence-corrected chi connectivity index (χ0v) is 23.6. The van der Waals surface area contributed by atoms with Gasteiger partial charge in [-0.05, 0) is 40.2 Å². The number of aromatic nitrogens is 2. The summed E-state index contributed by atoms with van der Waals surface area (Å²) in [5, 5.41) is 0.707. The number of halogens is 1. The fraction of sp³-hybridized carbons (Fsp3) is 0.0571. The first-order valence-corrected chi connectivity index (χ1v) is 14.8. The van der Waals surface area contributed by atoms with Crippen molar-refractivity contribution in [1.82, 2.24) is 9.55 Å². The molecule has 194 valence electrons. The van der Waals surface area contributed by atoms with Crippen LogP contribution in [0.1, 0.15) is 28.1 Å². The molecule has 0 aliphatic carbocycles. The van der Waals surface area contributed by atoms with E-state index in [1.807, 2.05) is 67.1 Å². The summed E-state index contributed by atoms with van der Waals surface area (Å²) in [6.45, 7) is 0. The van der Waals surface area contributed by atoms with Crippen molar-refractivity contribution in [3.05, 3.63) is 192 Å². The van der Waals surface area contributed by atoms with Crippen LogP contribution in [0.25, 0.3) is 0 Å². The lowest BCUT2D eigenvalue weighted by molar-refractivity contribution is 0.596. The van der Waals surface area contributed by atoms with Gasteiger partial charge in [0.15, 0.2) is 0 Å². The fourth-order valence-corrected chi connectivity index (χ4v) is 7.52. The van der Waals surface area contributed by atoms with Crippen molar-refractivity contribution < 1.29 is 4.39 Å². The lowest BCUT2D eigenvalue weighted by Crippen LogP contribution is -2.46. The number of rotatable bonds is 7. The van der Waals surface area contributed by atoms with Crippen LogP contribution in [0, 0.1) is 5.82 Å². The van der Waals surface area contributed by atoms with Crippen molar-refractivity contribution in [2.24, 2.45) is 0 Å². The molecule has 0 spiro atoms. The van der Waals surface area contributed by atoms with Crippen LogP contribution in [0.4, 0.5) is 4.39 Å². The van der Waals surface area contributed by atoms with Gasteiger partial charge in [-0.15, -0.1) is 0 Å². The van der Waals surface area contributed by atoms with Crippen LogP contribution >= 0.6 is 0 Å². The zero-order valence-electron chi connectivity index (χ0n) is 22.2. The molecule has 40 heavy (non-hydrogen) atoms. The van der Waals surface area contributed by atoms with E-state index in [4.69, 9.17) is 7.85 Å². The molecule has 0 N–H and O–H groups in total. The molecule has 1 heterocycles. The second-order valence-corrected chi connectivity index (χ2v) is 11.9. The molecule has 6 aromatic rings. The molecule has 5 heteroatoms. The van der Waals surface area contributed by atoms with Crippen molar-refractivity contribution in [2.75, 3.05) is 0 Å². The maximum absolute atomic E-state index is 13.9. The highest BCUT2D eigenvalue weighted by Crippen LogP contribution is 2.33. The summed E-state index contributed by atoms with van der Waals surface area (Å²) in [6, 6.07) is 48.2. The van der Waals surface area contributed by atoms with Gasteiger partial charge >= 0.3 is 0 Å². The minimum absolute atomic E-state index is 0.0163. The first-order chi connectivity index (χ1) is 19.7. The molecule has 0 atom stereocenters. The SMILES string of the molecule is Fc1cccc([SiH2]C(c2ccccc2)(c2ccccc2)n2ccnc2)c1.[B]C(c1ccccc1)c1ccccc1. The molecule has 0 fully saturated rings. The topological polar surface area (TPSA) is 17.8 Å². The summed E-state index contributed by atoms with van der Waals surface area (Å²) in [5.41, 5.74) is 4.69. The highest BCUT2D eigenvalue weighted by atomic mass is 28.2. The number of hydrogen-bond acceptors (Lipinski definition) is 1. The van der Waals surface area contributed by atoms with Gasteiger partial charge in [0, 0.05) is 12.4 Å². The molecule has 0 saturated carbocycles. The van der Waals surface area contributed by atoms with Gasteiger partial charge in [0.2, 0.25) is 0 Å². The molecule has 0 saturated heterocycles. The first kappa shape index (κ1) is 27.1. The third kappa shape index (κ3) is 6.22. The Morgan fingerprint density at radius 3 is 1.60 bits per heavy atom. The van der Waals surface area contributed by atoms with Crippen molar-refractivity contribution >= 4 is 22.6 Å². The predicted octanol–water partition coefficient (Wildman–Crippen LogP) is 6.21. The van der Waals surface area contributed by atoms with Crippen LogP contribution in [0.2, 0.25) is 0 Å². The Kier molecular flexibility index (Phi) is 8.84. The Morgan fingerprint density at radius 2 is 1.15 bits per heavy atom. The van der Waals surface area contributed by atoms with Crippen molar-refractivity contribution in [3.63, 3.8) is 0 Å². The number of hydrogen-bond donors (Lipinski definition) is 0. The third-order valence-electron chi connectivity index (χ3n) is 7.11.